The van der Waals surface area contributed by atoms with Gasteiger partial charge in [-0.1, -0.05) is 103 Å². The van der Waals surface area contributed by atoms with Gasteiger partial charge in [-0.3, -0.25) is 0 Å². The molecule has 2 aromatic carbocycles. The highest BCUT2D eigenvalue weighted by Gasteiger charge is 2.40. The molecule has 190 valence electrons. The fraction of sp³-hybridized carbons (Fsp3) is 0.613. The van der Waals surface area contributed by atoms with Crippen molar-refractivity contribution in [3.05, 3.63) is 41.0 Å². The quantitative estimate of drug-likeness (QED) is 0.364. The van der Waals surface area contributed by atoms with Crippen LogP contribution in [-0.4, -0.2) is 24.5 Å². The average Bonchev–Trinajstić information content (AvgIpc) is 2.70. The van der Waals surface area contributed by atoms with Gasteiger partial charge in [-0.2, -0.15) is 0 Å². The first-order valence-electron chi connectivity index (χ1n) is 12.8. The van der Waals surface area contributed by atoms with Crippen LogP contribution in [0, 0.1) is 0 Å². The van der Waals surface area contributed by atoms with E-state index < -0.39 is 7.92 Å². The molecule has 0 unspecified atom stereocenters. The maximum absolute atomic E-state index is 6.12. The van der Waals surface area contributed by atoms with Gasteiger partial charge in [0.2, 0.25) is 0 Å². The van der Waals surface area contributed by atoms with Crippen LogP contribution in [0.5, 0.6) is 11.5 Å². The smallest absolute Gasteiger partial charge is 0.127 e. The van der Waals surface area contributed by atoms with Crippen LogP contribution in [0.1, 0.15) is 118 Å². The van der Waals surface area contributed by atoms with Crippen LogP contribution in [-0.2, 0) is 0 Å². The summed E-state index contributed by atoms with van der Waals surface area (Å²) in [5, 5.41) is 1.52. The van der Waals surface area contributed by atoms with Gasteiger partial charge in [-0.05, 0) is 62.5 Å². The third-order valence-electron chi connectivity index (χ3n) is 6.49. The lowest BCUT2D eigenvalue weighted by molar-refractivity contribution is 0.407. The molecule has 0 fully saturated rings. The van der Waals surface area contributed by atoms with E-state index in [9.17, 15) is 0 Å². The van der Waals surface area contributed by atoms with E-state index >= 15 is 0 Å². The van der Waals surface area contributed by atoms with Gasteiger partial charge in [0.05, 0.1) is 14.2 Å². The fourth-order valence-electron chi connectivity index (χ4n) is 5.27. The van der Waals surface area contributed by atoms with E-state index in [0.29, 0.717) is 17.8 Å². The molecule has 0 aromatic heterocycles. The Morgan fingerprint density at radius 1 is 0.618 bits per heavy atom. The van der Waals surface area contributed by atoms with E-state index in [-0.39, 0.29) is 10.3 Å². The van der Waals surface area contributed by atoms with Gasteiger partial charge < -0.3 is 9.47 Å². The summed E-state index contributed by atoms with van der Waals surface area (Å²) in [5.41, 5.74) is 6.80. The molecule has 0 spiro atoms. The predicted octanol–water partition coefficient (Wildman–Crippen LogP) is 9.45. The Balaban J connectivity index is 3.23. The second kappa shape index (κ2) is 10.6. The minimum Gasteiger partial charge on any atom is -0.496 e. The molecule has 0 aliphatic rings. The second-order valence-electron chi connectivity index (χ2n) is 12.4. The first-order chi connectivity index (χ1) is 15.6. The molecule has 0 N–H and O–H groups in total. The number of benzene rings is 2. The lowest BCUT2D eigenvalue weighted by Gasteiger charge is -2.43. The molecule has 0 heterocycles. The van der Waals surface area contributed by atoms with Gasteiger partial charge >= 0.3 is 0 Å². The lowest BCUT2D eigenvalue weighted by atomic mass is 9.81. The minimum atomic E-state index is -0.619. The standard InChI is InChI=1S/C31H49O2P/c1-19(2)22-17-23(20(3)4)27(24(18-22)21(5)6)28-25(32-13)15-16-26(33-14)29(28)34(30(7,8)9)31(10,11)12/h15-21H,1-14H3. The van der Waals surface area contributed by atoms with Gasteiger partial charge in [0.25, 0.3) is 0 Å². The maximum atomic E-state index is 6.12. The fourth-order valence-corrected chi connectivity index (χ4v) is 9.46. The van der Waals surface area contributed by atoms with Crippen molar-refractivity contribution in [2.75, 3.05) is 14.2 Å². The van der Waals surface area contributed by atoms with Crippen molar-refractivity contribution in [1.82, 2.24) is 0 Å². The van der Waals surface area contributed by atoms with Crippen LogP contribution in [0.4, 0.5) is 0 Å². The highest BCUT2D eigenvalue weighted by Crippen LogP contribution is 2.62. The Morgan fingerprint density at radius 2 is 1.03 bits per heavy atom. The normalized spacial score (nSPS) is 12.9. The molecule has 3 heteroatoms. The monoisotopic (exact) mass is 484 g/mol. The zero-order chi connectivity index (χ0) is 26.2. The summed E-state index contributed by atoms with van der Waals surface area (Å²) >= 11 is 0. The first-order valence-corrected chi connectivity index (χ1v) is 14.1. The van der Waals surface area contributed by atoms with Crippen molar-refractivity contribution in [2.45, 2.75) is 111 Å². The lowest BCUT2D eigenvalue weighted by Crippen LogP contribution is -2.33. The number of methoxy groups -OCH3 is 2. The molecule has 0 amide bonds. The molecule has 0 radical (unpaired) electrons. The average molecular weight is 485 g/mol. The van der Waals surface area contributed by atoms with Crippen LogP contribution in [0.3, 0.4) is 0 Å². The third kappa shape index (κ3) is 5.81. The van der Waals surface area contributed by atoms with Gasteiger partial charge in [-0.15, -0.1) is 0 Å². The Morgan fingerprint density at radius 3 is 1.35 bits per heavy atom. The molecule has 2 nitrogen and oxygen atoms in total. The number of rotatable bonds is 7. The summed E-state index contributed by atoms with van der Waals surface area (Å²) in [5.74, 6) is 3.19. The van der Waals surface area contributed by atoms with Crippen molar-refractivity contribution in [1.29, 1.82) is 0 Å². The van der Waals surface area contributed by atoms with E-state index in [4.69, 9.17) is 9.47 Å². The number of hydrogen-bond donors (Lipinski definition) is 0. The summed E-state index contributed by atoms with van der Waals surface area (Å²) in [6.45, 7) is 28.1. The Bertz CT molecular complexity index is 945. The Labute approximate surface area is 211 Å². The molecule has 34 heavy (non-hydrogen) atoms. The van der Waals surface area contributed by atoms with Crippen molar-refractivity contribution in [3.63, 3.8) is 0 Å². The molecule has 0 aliphatic heterocycles. The van der Waals surface area contributed by atoms with Gasteiger partial charge in [0.1, 0.15) is 11.5 Å². The van der Waals surface area contributed by atoms with E-state index in [2.05, 4.69) is 107 Å². The third-order valence-corrected chi connectivity index (χ3v) is 10.1. The summed E-state index contributed by atoms with van der Waals surface area (Å²) in [7, 11) is 2.99. The topological polar surface area (TPSA) is 18.5 Å². The Hall–Kier alpha value is -1.53. The summed E-state index contributed by atoms with van der Waals surface area (Å²) in [6, 6.07) is 9.09. The molecular formula is C31H49O2P. The Kier molecular flexibility index (Phi) is 8.96. The van der Waals surface area contributed by atoms with Crippen LogP contribution in [0.2, 0.25) is 0 Å². The largest absolute Gasteiger partial charge is 0.496 e. The van der Waals surface area contributed by atoms with Crippen molar-refractivity contribution in [2.24, 2.45) is 0 Å². The first kappa shape index (κ1) is 28.7. The van der Waals surface area contributed by atoms with Crippen LogP contribution >= 0.6 is 7.92 Å². The molecule has 0 atom stereocenters. The molecule has 0 bridgehead atoms. The second-order valence-corrected chi connectivity index (χ2v) is 16.2. The van der Waals surface area contributed by atoms with E-state index in [1.165, 1.54) is 33.1 Å². The zero-order valence-electron chi connectivity index (χ0n) is 24.3. The van der Waals surface area contributed by atoms with Crippen LogP contribution < -0.4 is 14.8 Å². The van der Waals surface area contributed by atoms with Crippen molar-refractivity contribution < 1.29 is 9.47 Å². The summed E-state index contributed by atoms with van der Waals surface area (Å²) in [4.78, 5) is 0. The van der Waals surface area contributed by atoms with Gasteiger partial charge in [0.15, 0.2) is 0 Å². The highest BCUT2D eigenvalue weighted by atomic mass is 31.1. The molecule has 0 aliphatic carbocycles. The molecule has 2 rings (SSSR count). The van der Waals surface area contributed by atoms with E-state index in [1.807, 2.05) is 7.11 Å². The minimum absolute atomic E-state index is 0.0931. The maximum Gasteiger partial charge on any atom is 0.127 e. The SMILES string of the molecule is COc1ccc(OC)c(P(C(C)(C)C)C(C)(C)C)c1-c1c(C(C)C)cc(C(C)C)cc1C(C)C. The molecule has 2 aromatic rings. The highest BCUT2D eigenvalue weighted by molar-refractivity contribution is 7.69. The zero-order valence-corrected chi connectivity index (χ0v) is 25.2. The summed E-state index contributed by atoms with van der Waals surface area (Å²) in [6.07, 6.45) is 0. The number of ether oxygens (including phenoxy) is 2. The molecule has 0 saturated heterocycles. The van der Waals surface area contributed by atoms with Crippen LogP contribution in [0.15, 0.2) is 24.3 Å². The molecular weight excluding hydrogens is 435 g/mol. The van der Waals surface area contributed by atoms with Crippen LogP contribution in [0.25, 0.3) is 11.1 Å². The number of hydrogen-bond acceptors (Lipinski definition) is 2. The van der Waals surface area contributed by atoms with E-state index in [0.717, 1.165) is 11.5 Å². The predicted molar refractivity (Wildman–Crippen MR) is 153 cm³/mol. The van der Waals surface area contributed by atoms with E-state index in [1.54, 1.807) is 7.11 Å². The summed E-state index contributed by atoms with van der Waals surface area (Å²) < 4.78 is 12.2. The van der Waals surface area contributed by atoms with Crippen molar-refractivity contribution >= 4 is 13.2 Å². The van der Waals surface area contributed by atoms with Gasteiger partial charge in [0, 0.05) is 10.9 Å². The van der Waals surface area contributed by atoms with Gasteiger partial charge in [-0.25, -0.2) is 0 Å². The molecule has 0 saturated carbocycles. The van der Waals surface area contributed by atoms with Crippen molar-refractivity contribution in [3.8, 4) is 22.6 Å².